The van der Waals surface area contributed by atoms with Gasteiger partial charge in [0.05, 0.1) is 5.41 Å². The molecule has 0 radical (unpaired) electrons. The molecule has 1 atom stereocenters. The second-order valence-corrected chi connectivity index (χ2v) is 18.0. The number of anilines is 3. The molecule has 0 N–H and O–H groups in total. The number of nitrogens with zero attached hydrogens (tertiary/aromatic N) is 1. The third kappa shape index (κ3) is 4.99. The molecule has 63 heavy (non-hydrogen) atoms. The first-order valence-electron chi connectivity index (χ1n) is 22.2. The molecule has 0 saturated heterocycles. The van der Waals surface area contributed by atoms with Crippen LogP contribution in [0.3, 0.4) is 0 Å². The van der Waals surface area contributed by atoms with Crippen LogP contribution < -0.4 is 4.90 Å². The van der Waals surface area contributed by atoms with Crippen molar-refractivity contribution in [3.63, 3.8) is 0 Å². The van der Waals surface area contributed by atoms with E-state index in [0.29, 0.717) is 0 Å². The molecule has 0 saturated carbocycles. The largest absolute Gasteiger partial charge is 0.310 e. The molecule has 0 bridgehead atoms. The summed E-state index contributed by atoms with van der Waals surface area (Å²) < 4.78 is 0. The lowest BCUT2D eigenvalue weighted by Gasteiger charge is -2.41. The van der Waals surface area contributed by atoms with Crippen LogP contribution in [0.15, 0.2) is 224 Å². The minimum absolute atomic E-state index is 0.0828. The van der Waals surface area contributed by atoms with Gasteiger partial charge in [-0.25, -0.2) is 0 Å². The van der Waals surface area contributed by atoms with Crippen molar-refractivity contribution >= 4 is 27.8 Å². The van der Waals surface area contributed by atoms with Crippen LogP contribution in [0.5, 0.6) is 0 Å². The molecule has 0 heterocycles. The molecule has 0 aliphatic heterocycles. The maximum atomic E-state index is 2.53. The molecule has 1 nitrogen and oxygen atoms in total. The van der Waals surface area contributed by atoms with Crippen LogP contribution in [0, 0.1) is 0 Å². The van der Waals surface area contributed by atoms with E-state index in [9.17, 15) is 0 Å². The first-order chi connectivity index (χ1) is 31.0. The van der Waals surface area contributed by atoms with E-state index >= 15 is 0 Å². The Balaban J connectivity index is 1.11. The summed E-state index contributed by atoms with van der Waals surface area (Å²) in [5, 5.41) is 2.60. The maximum absolute atomic E-state index is 2.53. The van der Waals surface area contributed by atoms with Crippen molar-refractivity contribution < 1.29 is 0 Å². The van der Waals surface area contributed by atoms with Gasteiger partial charge >= 0.3 is 0 Å². The normalized spacial score (nSPS) is 15.7. The van der Waals surface area contributed by atoms with Gasteiger partial charge in [-0.2, -0.15) is 0 Å². The quantitative estimate of drug-likeness (QED) is 0.168. The summed E-state index contributed by atoms with van der Waals surface area (Å²) in [5.74, 6) is 0. The lowest BCUT2D eigenvalue weighted by molar-refractivity contribution is 0.660. The molecule has 10 aromatic carbocycles. The molecule has 1 heteroatoms. The summed E-state index contributed by atoms with van der Waals surface area (Å²) in [6.45, 7) is 4.72. The zero-order valence-electron chi connectivity index (χ0n) is 35.3. The smallest absolute Gasteiger partial charge is 0.0732 e. The van der Waals surface area contributed by atoms with Gasteiger partial charge in [0, 0.05) is 22.5 Å². The molecule has 0 aromatic heterocycles. The van der Waals surface area contributed by atoms with Crippen molar-refractivity contribution in [1.82, 2.24) is 0 Å². The summed E-state index contributed by atoms with van der Waals surface area (Å²) in [6, 6.07) is 84.2. The van der Waals surface area contributed by atoms with Gasteiger partial charge in [0.1, 0.15) is 0 Å². The molecule has 1 unspecified atom stereocenters. The summed E-state index contributed by atoms with van der Waals surface area (Å²) in [4.78, 5) is 2.49. The van der Waals surface area contributed by atoms with Crippen LogP contribution in [0.4, 0.5) is 17.1 Å². The second-order valence-electron chi connectivity index (χ2n) is 18.0. The molecule has 3 aliphatic rings. The van der Waals surface area contributed by atoms with E-state index < -0.39 is 5.41 Å². The third-order valence-electron chi connectivity index (χ3n) is 14.5. The monoisotopic (exact) mass is 801 g/mol. The summed E-state index contributed by atoms with van der Waals surface area (Å²) in [7, 11) is 0. The molecular formula is C62H43N. The Hall–Kier alpha value is -7.74. The highest BCUT2D eigenvalue weighted by molar-refractivity contribution is 6.10. The van der Waals surface area contributed by atoms with Crippen LogP contribution >= 0.6 is 0 Å². The summed E-state index contributed by atoms with van der Waals surface area (Å²) in [6.07, 6.45) is 0. The van der Waals surface area contributed by atoms with E-state index in [2.05, 4.69) is 243 Å². The van der Waals surface area contributed by atoms with Gasteiger partial charge in [-0.1, -0.05) is 202 Å². The Labute approximate surface area is 369 Å². The fraction of sp³-hybridized carbons (Fsp3) is 0.0645. The van der Waals surface area contributed by atoms with Crippen molar-refractivity contribution in [2.45, 2.75) is 24.7 Å². The van der Waals surface area contributed by atoms with Crippen LogP contribution in [-0.2, 0) is 10.8 Å². The lowest BCUT2D eigenvalue weighted by Crippen LogP contribution is -2.32. The highest BCUT2D eigenvalue weighted by atomic mass is 15.1. The zero-order valence-corrected chi connectivity index (χ0v) is 35.3. The minimum Gasteiger partial charge on any atom is -0.310 e. The zero-order chi connectivity index (χ0) is 41.9. The first-order valence-corrected chi connectivity index (χ1v) is 22.2. The maximum Gasteiger partial charge on any atom is 0.0732 e. The molecule has 296 valence electrons. The Morgan fingerprint density at radius 2 is 0.794 bits per heavy atom. The molecular weight excluding hydrogens is 759 g/mol. The topological polar surface area (TPSA) is 3.24 Å². The number of hydrogen-bond acceptors (Lipinski definition) is 1. The number of rotatable bonds is 5. The average Bonchev–Trinajstić information content (AvgIpc) is 3.76. The van der Waals surface area contributed by atoms with E-state index in [1.165, 1.54) is 99.8 Å². The molecule has 10 aromatic rings. The Morgan fingerprint density at radius 3 is 1.51 bits per heavy atom. The molecule has 13 rings (SSSR count). The number of fused-ring (bicyclic) bond motifs is 12. The van der Waals surface area contributed by atoms with Gasteiger partial charge in [-0.05, 0) is 136 Å². The van der Waals surface area contributed by atoms with Crippen LogP contribution in [-0.4, -0.2) is 0 Å². The van der Waals surface area contributed by atoms with Gasteiger partial charge in [-0.15, -0.1) is 0 Å². The van der Waals surface area contributed by atoms with Crippen LogP contribution in [0.25, 0.3) is 66.4 Å². The van der Waals surface area contributed by atoms with Crippen molar-refractivity contribution in [2.75, 3.05) is 4.90 Å². The average molecular weight is 802 g/mol. The van der Waals surface area contributed by atoms with E-state index in [4.69, 9.17) is 0 Å². The van der Waals surface area contributed by atoms with E-state index in [0.717, 1.165) is 17.1 Å². The van der Waals surface area contributed by atoms with Gasteiger partial charge in [-0.3, -0.25) is 0 Å². The molecule has 3 aliphatic carbocycles. The van der Waals surface area contributed by atoms with Crippen molar-refractivity contribution in [3.05, 3.63) is 258 Å². The van der Waals surface area contributed by atoms with Crippen LogP contribution in [0.1, 0.15) is 47.2 Å². The highest BCUT2D eigenvalue weighted by Crippen LogP contribution is 2.64. The van der Waals surface area contributed by atoms with E-state index in [-0.39, 0.29) is 5.41 Å². The van der Waals surface area contributed by atoms with Gasteiger partial charge in [0.15, 0.2) is 0 Å². The fourth-order valence-electron chi connectivity index (χ4n) is 11.7. The van der Waals surface area contributed by atoms with Gasteiger partial charge in [0.25, 0.3) is 0 Å². The van der Waals surface area contributed by atoms with Gasteiger partial charge in [0.2, 0.25) is 0 Å². The fourth-order valence-corrected chi connectivity index (χ4v) is 11.7. The molecule has 1 spiro atoms. The summed E-state index contributed by atoms with van der Waals surface area (Å²) in [5.41, 5.74) is 23.5. The first kappa shape index (κ1) is 36.0. The van der Waals surface area contributed by atoms with Gasteiger partial charge < -0.3 is 4.90 Å². The SMILES string of the molecule is CC1(C)c2ccccc2-c2cc(N(c3ccc(-c4ccccc4)cc3)c3ccc4c(c3)C3(c5ccccc5-4)c4ccccc4-c4cccc5ccc(-c6ccccc6)c3c45)ccc21. The van der Waals surface area contributed by atoms with Crippen LogP contribution in [0.2, 0.25) is 0 Å². The molecule has 0 amide bonds. The highest BCUT2D eigenvalue weighted by Gasteiger charge is 2.51. The Morgan fingerprint density at radius 1 is 0.302 bits per heavy atom. The number of benzene rings is 10. The van der Waals surface area contributed by atoms with Crippen molar-refractivity contribution in [2.24, 2.45) is 0 Å². The Kier molecular flexibility index (Phi) is 7.64. The number of hydrogen-bond donors (Lipinski definition) is 0. The third-order valence-corrected chi connectivity index (χ3v) is 14.5. The standard InChI is InChI=1S/C62H43N/c1-61(2)54-25-12-9-23-50(54)53-38-45(34-37-55(53)61)63(44-31-28-41(29-32-44)40-16-5-3-6-17-40)46-33-36-51-48-21-10-13-26-56(48)62(58(51)39-46)57-27-14-11-22-49(57)52-24-15-20-43-30-35-47(60(62)59(43)52)42-18-7-4-8-19-42/h3-39H,1-2H3. The predicted octanol–water partition coefficient (Wildman–Crippen LogP) is 16.3. The van der Waals surface area contributed by atoms with Crippen molar-refractivity contribution in [1.29, 1.82) is 0 Å². The Bertz CT molecular complexity index is 3470. The van der Waals surface area contributed by atoms with Crippen molar-refractivity contribution in [3.8, 4) is 55.6 Å². The predicted molar refractivity (Wildman–Crippen MR) is 263 cm³/mol. The lowest BCUT2D eigenvalue weighted by atomic mass is 9.60. The van der Waals surface area contributed by atoms with E-state index in [1.54, 1.807) is 0 Å². The minimum atomic E-state index is -0.596. The second kappa shape index (κ2) is 13.4. The van der Waals surface area contributed by atoms with E-state index in [1.807, 2.05) is 0 Å². The summed E-state index contributed by atoms with van der Waals surface area (Å²) >= 11 is 0. The molecule has 0 fully saturated rings.